The summed E-state index contributed by atoms with van der Waals surface area (Å²) >= 11 is 0. The molecule has 0 N–H and O–H groups in total. The molecule has 4 rings (SSSR count). The zero-order valence-corrected chi connectivity index (χ0v) is 15.8. The van der Waals surface area contributed by atoms with E-state index in [1.165, 1.54) is 103 Å². The van der Waals surface area contributed by atoms with Crippen LogP contribution < -0.4 is 0 Å². The van der Waals surface area contributed by atoms with Crippen molar-refractivity contribution in [1.82, 2.24) is 4.90 Å². The lowest BCUT2D eigenvalue weighted by Gasteiger charge is -2.40. The van der Waals surface area contributed by atoms with Crippen molar-refractivity contribution < 1.29 is 0 Å². The lowest BCUT2D eigenvalue weighted by atomic mass is 9.66. The molecule has 0 spiro atoms. The quantitative estimate of drug-likeness (QED) is 0.595. The van der Waals surface area contributed by atoms with Crippen LogP contribution in [0, 0.1) is 17.8 Å². The van der Waals surface area contributed by atoms with Gasteiger partial charge < -0.3 is 0 Å². The minimum Gasteiger partial charge on any atom is -0.297 e. The van der Waals surface area contributed by atoms with Crippen molar-refractivity contribution in [2.75, 3.05) is 6.54 Å². The van der Waals surface area contributed by atoms with E-state index >= 15 is 0 Å². The Morgan fingerprint density at radius 1 is 0.750 bits per heavy atom. The van der Waals surface area contributed by atoms with E-state index in [2.05, 4.69) is 4.90 Å². The molecule has 24 heavy (non-hydrogen) atoms. The van der Waals surface area contributed by atoms with Gasteiger partial charge in [0, 0.05) is 18.6 Å². The summed E-state index contributed by atoms with van der Waals surface area (Å²) in [5.41, 5.74) is 0. The van der Waals surface area contributed by atoms with Crippen LogP contribution in [-0.4, -0.2) is 31.4 Å². The van der Waals surface area contributed by atoms with E-state index in [9.17, 15) is 0 Å². The molecule has 1 saturated heterocycles. The minimum absolute atomic E-state index is 0.495. The molecule has 4 fully saturated rings. The zero-order chi connectivity index (χ0) is 16.4. The van der Waals surface area contributed by atoms with E-state index < -0.39 is 0 Å². The van der Waals surface area contributed by atoms with Crippen molar-refractivity contribution in [3.63, 3.8) is 0 Å². The van der Waals surface area contributed by atoms with Gasteiger partial charge in [-0.2, -0.15) is 0 Å². The van der Waals surface area contributed by atoms with Crippen molar-refractivity contribution in [2.24, 2.45) is 17.8 Å². The molecule has 0 aromatic heterocycles. The summed E-state index contributed by atoms with van der Waals surface area (Å²) in [4.78, 5) is 3.00. The fourth-order valence-corrected chi connectivity index (χ4v) is 6.75. The van der Waals surface area contributed by atoms with Gasteiger partial charge in [0.15, 0.2) is 0 Å². The third kappa shape index (κ3) is 3.89. The van der Waals surface area contributed by atoms with Crippen molar-refractivity contribution >= 4 is 7.85 Å². The molecule has 3 saturated carbocycles. The summed E-state index contributed by atoms with van der Waals surface area (Å²) < 4.78 is 0. The number of nitrogens with zero attached hydrogens (tertiary/aromatic N) is 1. The predicted molar refractivity (Wildman–Crippen MR) is 104 cm³/mol. The maximum Gasteiger partial charge on any atom is 0.0699 e. The SMILES string of the molecule is [B]C1CCC2[C@H](C1)C(CCC1CCCCC1)CN2C1CCCCC1. The lowest BCUT2D eigenvalue weighted by molar-refractivity contribution is 0.107. The van der Waals surface area contributed by atoms with Crippen LogP contribution in [0.2, 0.25) is 5.82 Å². The Labute approximate surface area is 151 Å². The van der Waals surface area contributed by atoms with Crippen LogP contribution >= 0.6 is 0 Å². The summed E-state index contributed by atoms with van der Waals surface area (Å²) in [7, 11) is 6.40. The van der Waals surface area contributed by atoms with Gasteiger partial charge in [-0.3, -0.25) is 4.90 Å². The Balaban J connectivity index is 1.38. The summed E-state index contributed by atoms with van der Waals surface area (Å²) in [5, 5.41) is 0. The molecule has 0 amide bonds. The summed E-state index contributed by atoms with van der Waals surface area (Å²) in [6, 6.07) is 1.81. The number of rotatable bonds is 4. The second-order valence-corrected chi connectivity index (χ2v) is 9.63. The fraction of sp³-hybridized carbons (Fsp3) is 1.00. The average molecular weight is 327 g/mol. The molecule has 1 heterocycles. The third-order valence-corrected chi connectivity index (χ3v) is 8.09. The highest BCUT2D eigenvalue weighted by Gasteiger charge is 2.45. The molecule has 4 aliphatic rings. The smallest absolute Gasteiger partial charge is 0.0699 e. The molecule has 0 aromatic carbocycles. The highest BCUT2D eigenvalue weighted by atomic mass is 15.2. The Morgan fingerprint density at radius 2 is 1.46 bits per heavy atom. The Morgan fingerprint density at radius 3 is 2.21 bits per heavy atom. The Bertz CT molecular complexity index is 385. The van der Waals surface area contributed by atoms with Gasteiger partial charge in [0.2, 0.25) is 0 Å². The fourth-order valence-electron chi connectivity index (χ4n) is 6.75. The molecule has 0 bridgehead atoms. The molecule has 2 radical (unpaired) electrons. The van der Waals surface area contributed by atoms with Crippen LogP contribution in [-0.2, 0) is 0 Å². The standard InChI is InChI=1S/C22H38BN/c23-19-13-14-22-21(15-19)18(12-11-17-7-3-1-4-8-17)16-24(22)20-9-5-2-6-10-20/h17-22H,1-16H2/t18?,19?,21-,22?/m1/s1. The third-order valence-electron chi connectivity index (χ3n) is 8.09. The van der Waals surface area contributed by atoms with E-state index in [0.717, 1.165) is 29.8 Å². The van der Waals surface area contributed by atoms with Gasteiger partial charge in [-0.25, -0.2) is 0 Å². The Kier molecular flexibility index (Phi) is 5.92. The largest absolute Gasteiger partial charge is 0.297 e. The lowest BCUT2D eigenvalue weighted by Crippen LogP contribution is -2.43. The summed E-state index contributed by atoms with van der Waals surface area (Å²) in [6.45, 7) is 1.42. The van der Waals surface area contributed by atoms with Gasteiger partial charge in [0.25, 0.3) is 0 Å². The molecule has 4 atom stereocenters. The van der Waals surface area contributed by atoms with E-state index in [4.69, 9.17) is 7.85 Å². The van der Waals surface area contributed by atoms with Crippen LogP contribution in [0.5, 0.6) is 0 Å². The minimum atomic E-state index is 0.495. The first-order chi connectivity index (χ1) is 11.8. The van der Waals surface area contributed by atoms with Crippen molar-refractivity contribution in [3.05, 3.63) is 0 Å². The van der Waals surface area contributed by atoms with Crippen LogP contribution in [0.15, 0.2) is 0 Å². The van der Waals surface area contributed by atoms with Crippen LogP contribution in [0.25, 0.3) is 0 Å². The van der Waals surface area contributed by atoms with Crippen LogP contribution in [0.4, 0.5) is 0 Å². The molecular formula is C22H38BN. The highest BCUT2D eigenvalue weighted by molar-refractivity contribution is 6.11. The second kappa shape index (κ2) is 8.15. The first kappa shape index (κ1) is 17.4. The monoisotopic (exact) mass is 327 g/mol. The second-order valence-electron chi connectivity index (χ2n) is 9.63. The predicted octanol–water partition coefficient (Wildman–Crippen LogP) is 5.74. The molecule has 1 aliphatic heterocycles. The zero-order valence-electron chi connectivity index (χ0n) is 15.8. The summed E-state index contributed by atoms with van der Waals surface area (Å²) in [5.74, 6) is 3.44. The molecule has 3 aliphatic carbocycles. The van der Waals surface area contributed by atoms with E-state index in [0.29, 0.717) is 5.82 Å². The molecular weight excluding hydrogens is 289 g/mol. The summed E-state index contributed by atoms with van der Waals surface area (Å²) in [6.07, 6.45) is 21.9. The van der Waals surface area contributed by atoms with Crippen molar-refractivity contribution in [2.45, 2.75) is 114 Å². The van der Waals surface area contributed by atoms with Gasteiger partial charge in [0.1, 0.15) is 0 Å². The van der Waals surface area contributed by atoms with Crippen LogP contribution in [0.3, 0.4) is 0 Å². The molecule has 0 aromatic rings. The molecule has 1 nitrogen and oxygen atoms in total. The maximum absolute atomic E-state index is 6.40. The van der Waals surface area contributed by atoms with Gasteiger partial charge in [-0.1, -0.05) is 76.4 Å². The van der Waals surface area contributed by atoms with E-state index in [1.54, 1.807) is 0 Å². The van der Waals surface area contributed by atoms with Crippen LogP contribution in [0.1, 0.15) is 96.3 Å². The number of likely N-dealkylation sites (tertiary alicyclic amines) is 1. The van der Waals surface area contributed by atoms with Gasteiger partial charge in [0.05, 0.1) is 7.85 Å². The number of fused-ring (bicyclic) bond motifs is 1. The number of hydrogen-bond donors (Lipinski definition) is 0. The van der Waals surface area contributed by atoms with Gasteiger partial charge in [-0.15, -0.1) is 0 Å². The molecule has 134 valence electrons. The molecule has 3 unspecified atom stereocenters. The highest BCUT2D eigenvalue weighted by Crippen LogP contribution is 2.47. The first-order valence-corrected chi connectivity index (χ1v) is 11.3. The molecule has 2 heteroatoms. The Hall–Kier alpha value is 0.0249. The average Bonchev–Trinajstić information content (AvgIpc) is 2.99. The number of hydrogen-bond acceptors (Lipinski definition) is 1. The van der Waals surface area contributed by atoms with E-state index in [1.807, 2.05) is 0 Å². The van der Waals surface area contributed by atoms with E-state index in [-0.39, 0.29) is 0 Å². The normalized spacial score (nSPS) is 39.8. The van der Waals surface area contributed by atoms with Gasteiger partial charge >= 0.3 is 0 Å². The van der Waals surface area contributed by atoms with Gasteiger partial charge in [-0.05, 0) is 43.4 Å². The topological polar surface area (TPSA) is 3.24 Å². The first-order valence-electron chi connectivity index (χ1n) is 11.3. The maximum atomic E-state index is 6.40. The van der Waals surface area contributed by atoms with Crippen molar-refractivity contribution in [3.8, 4) is 0 Å². The van der Waals surface area contributed by atoms with Crippen molar-refractivity contribution in [1.29, 1.82) is 0 Å².